The van der Waals surface area contributed by atoms with Crippen molar-refractivity contribution in [2.45, 2.75) is 97.2 Å². The van der Waals surface area contributed by atoms with Crippen LogP contribution in [0, 0.1) is 0 Å². The van der Waals surface area contributed by atoms with Gasteiger partial charge in [-0.05, 0) is 41.3 Å². The molecule has 4 aromatic rings. The van der Waals surface area contributed by atoms with Crippen LogP contribution in [-0.2, 0) is 22.8 Å². The second-order valence-corrected chi connectivity index (χ2v) is 12.7. The molecule has 0 atom stereocenters. The molecule has 1 aliphatic rings. The first-order valence-electron chi connectivity index (χ1n) is 17.5. The molecule has 3 aromatic carbocycles. The number of oxazole rings is 1. The molecule has 0 N–H and O–H groups in total. The smallest absolute Gasteiger partial charge is 0.422 e. The van der Waals surface area contributed by atoms with Crippen LogP contribution in [0.3, 0.4) is 0 Å². The average Bonchev–Trinajstić information content (AvgIpc) is 3.42. The standard InChI is InChI=1S/C39H51N3O4/c1-2-3-4-5-6-7-8-9-10-11-15-24-37(43)45-31-42-36-23-17-22-35(38(36)46-39(42)44)41-27-25-40(26-28-41)30-32-18-16-21-34(29-32)33-19-13-12-14-20-33/h12-14,16-23,29H,2-11,15,24-28,30-31H2,1H3. The number of unbranched alkanes of at least 4 members (excludes halogenated alkanes) is 10. The predicted molar refractivity (Wildman–Crippen MR) is 187 cm³/mol. The zero-order chi connectivity index (χ0) is 32.0. The monoisotopic (exact) mass is 625 g/mol. The van der Waals surface area contributed by atoms with Gasteiger partial charge in [0.2, 0.25) is 0 Å². The van der Waals surface area contributed by atoms with Crippen molar-refractivity contribution >= 4 is 22.8 Å². The third-order valence-corrected chi connectivity index (χ3v) is 9.17. The van der Waals surface area contributed by atoms with Crippen molar-refractivity contribution in [2.75, 3.05) is 31.1 Å². The summed E-state index contributed by atoms with van der Waals surface area (Å²) < 4.78 is 12.7. The molecule has 0 unspecified atom stereocenters. The van der Waals surface area contributed by atoms with E-state index in [0.717, 1.165) is 57.7 Å². The largest absolute Gasteiger partial charge is 0.444 e. The lowest BCUT2D eigenvalue weighted by molar-refractivity contribution is -0.147. The second kappa shape index (κ2) is 17.7. The minimum atomic E-state index is -0.498. The number of anilines is 1. The lowest BCUT2D eigenvalue weighted by atomic mass is 10.0. The molecule has 0 aliphatic carbocycles. The number of carbonyl (C=O) groups excluding carboxylic acids is 1. The van der Waals surface area contributed by atoms with E-state index in [4.69, 9.17) is 9.15 Å². The molecular formula is C39H51N3O4. The number of carbonyl (C=O) groups is 1. The lowest BCUT2D eigenvalue weighted by Crippen LogP contribution is -2.46. The summed E-state index contributed by atoms with van der Waals surface area (Å²) in [6.07, 6.45) is 14.0. The van der Waals surface area contributed by atoms with E-state index in [1.807, 2.05) is 24.3 Å². The molecule has 246 valence electrons. The number of para-hydroxylation sites is 1. The van der Waals surface area contributed by atoms with Crippen molar-refractivity contribution < 1.29 is 13.9 Å². The Kier molecular flexibility index (Phi) is 12.9. The fourth-order valence-electron chi connectivity index (χ4n) is 6.47. The number of ether oxygens (including phenoxy) is 1. The van der Waals surface area contributed by atoms with Crippen LogP contribution in [0.1, 0.15) is 89.5 Å². The average molecular weight is 626 g/mol. The minimum absolute atomic E-state index is 0.123. The van der Waals surface area contributed by atoms with E-state index < -0.39 is 5.76 Å². The van der Waals surface area contributed by atoms with Crippen LogP contribution in [0.15, 0.2) is 82.0 Å². The highest BCUT2D eigenvalue weighted by molar-refractivity contribution is 5.87. The number of hydrogen-bond acceptors (Lipinski definition) is 6. The van der Waals surface area contributed by atoms with Crippen LogP contribution in [-0.4, -0.2) is 41.6 Å². The minimum Gasteiger partial charge on any atom is -0.444 e. The molecule has 1 fully saturated rings. The molecule has 2 heterocycles. The van der Waals surface area contributed by atoms with Gasteiger partial charge >= 0.3 is 11.7 Å². The molecule has 1 aliphatic heterocycles. The maximum atomic E-state index is 12.8. The van der Waals surface area contributed by atoms with Crippen LogP contribution in [0.5, 0.6) is 0 Å². The SMILES string of the molecule is CCCCCCCCCCCCCC(=O)OCn1c(=O)oc2c(N3CCN(Cc4cccc(-c5ccccc5)c4)CC3)cccc21. The van der Waals surface area contributed by atoms with E-state index in [2.05, 4.69) is 65.3 Å². The van der Waals surface area contributed by atoms with Crippen molar-refractivity contribution in [3.63, 3.8) is 0 Å². The molecule has 1 saturated heterocycles. The number of rotatable bonds is 18. The van der Waals surface area contributed by atoms with Gasteiger partial charge in [0.05, 0.1) is 11.2 Å². The molecule has 0 radical (unpaired) electrons. The summed E-state index contributed by atoms with van der Waals surface area (Å²) in [6.45, 7) is 6.51. The molecule has 0 spiro atoms. The number of benzene rings is 3. The van der Waals surface area contributed by atoms with Gasteiger partial charge in [0.1, 0.15) is 0 Å². The molecular weight excluding hydrogens is 574 g/mol. The molecule has 5 rings (SSSR count). The predicted octanol–water partition coefficient (Wildman–Crippen LogP) is 8.79. The van der Waals surface area contributed by atoms with Gasteiger partial charge in [-0.2, -0.15) is 0 Å². The van der Waals surface area contributed by atoms with E-state index in [0.29, 0.717) is 17.5 Å². The normalized spacial score (nSPS) is 13.8. The molecule has 0 amide bonds. The Hall–Kier alpha value is -3.84. The Morgan fingerprint density at radius 2 is 1.39 bits per heavy atom. The van der Waals surface area contributed by atoms with Gasteiger partial charge in [0, 0.05) is 39.1 Å². The van der Waals surface area contributed by atoms with Gasteiger partial charge in [-0.1, -0.05) is 126 Å². The van der Waals surface area contributed by atoms with Crippen molar-refractivity contribution in [1.29, 1.82) is 0 Å². The maximum absolute atomic E-state index is 12.8. The zero-order valence-corrected chi connectivity index (χ0v) is 27.6. The summed E-state index contributed by atoms with van der Waals surface area (Å²) >= 11 is 0. The number of nitrogens with zero attached hydrogens (tertiary/aromatic N) is 3. The summed E-state index contributed by atoms with van der Waals surface area (Å²) in [5.41, 5.74) is 5.89. The van der Waals surface area contributed by atoms with Crippen molar-refractivity contribution in [1.82, 2.24) is 9.47 Å². The molecule has 1 aromatic heterocycles. The first-order valence-corrected chi connectivity index (χ1v) is 17.5. The topological polar surface area (TPSA) is 67.9 Å². The van der Waals surface area contributed by atoms with Gasteiger partial charge in [0.15, 0.2) is 12.3 Å². The Balaban J connectivity index is 1.06. The Morgan fingerprint density at radius 3 is 2.11 bits per heavy atom. The Morgan fingerprint density at radius 1 is 0.739 bits per heavy atom. The summed E-state index contributed by atoms with van der Waals surface area (Å²) in [7, 11) is 0. The first kappa shape index (κ1) is 33.5. The summed E-state index contributed by atoms with van der Waals surface area (Å²) in [6, 6.07) is 25.1. The van der Waals surface area contributed by atoms with Gasteiger partial charge < -0.3 is 14.1 Å². The highest BCUT2D eigenvalue weighted by Gasteiger charge is 2.22. The fraction of sp³-hybridized carbons (Fsp3) is 0.487. The van der Waals surface area contributed by atoms with Crippen LogP contribution in [0.4, 0.5) is 5.69 Å². The van der Waals surface area contributed by atoms with E-state index in [1.54, 1.807) is 0 Å². The number of esters is 1. The van der Waals surface area contributed by atoms with Crippen LogP contribution in [0.2, 0.25) is 0 Å². The first-order chi connectivity index (χ1) is 22.6. The Labute approximate surface area is 274 Å². The van der Waals surface area contributed by atoms with Crippen molar-refractivity contribution in [3.8, 4) is 11.1 Å². The molecule has 0 saturated carbocycles. The second-order valence-electron chi connectivity index (χ2n) is 12.7. The van der Waals surface area contributed by atoms with Crippen molar-refractivity contribution in [2.24, 2.45) is 0 Å². The fourth-order valence-corrected chi connectivity index (χ4v) is 6.47. The van der Waals surface area contributed by atoms with E-state index in [1.165, 1.54) is 72.6 Å². The summed E-state index contributed by atoms with van der Waals surface area (Å²) in [5.74, 6) is -0.763. The third kappa shape index (κ3) is 9.58. The Bertz CT molecular complexity index is 1550. The molecule has 7 heteroatoms. The number of hydrogen-bond donors (Lipinski definition) is 0. The summed E-state index contributed by atoms with van der Waals surface area (Å²) in [5, 5.41) is 0. The van der Waals surface area contributed by atoms with E-state index in [-0.39, 0.29) is 12.7 Å². The molecule has 0 bridgehead atoms. The van der Waals surface area contributed by atoms with Gasteiger partial charge in [-0.3, -0.25) is 9.69 Å². The third-order valence-electron chi connectivity index (χ3n) is 9.17. The summed E-state index contributed by atoms with van der Waals surface area (Å²) in [4.78, 5) is 30.0. The van der Waals surface area contributed by atoms with Crippen LogP contribution < -0.4 is 10.7 Å². The van der Waals surface area contributed by atoms with Crippen LogP contribution in [0.25, 0.3) is 22.2 Å². The van der Waals surface area contributed by atoms with Gasteiger partial charge in [-0.25, -0.2) is 9.36 Å². The van der Waals surface area contributed by atoms with Gasteiger partial charge in [-0.15, -0.1) is 0 Å². The van der Waals surface area contributed by atoms with E-state index in [9.17, 15) is 9.59 Å². The maximum Gasteiger partial charge on any atom is 0.422 e. The highest BCUT2D eigenvalue weighted by Crippen LogP contribution is 2.28. The number of aromatic nitrogens is 1. The zero-order valence-electron chi connectivity index (χ0n) is 27.6. The number of fused-ring (bicyclic) bond motifs is 1. The quantitative estimate of drug-likeness (QED) is 0.0813. The van der Waals surface area contributed by atoms with Gasteiger partial charge in [0.25, 0.3) is 0 Å². The van der Waals surface area contributed by atoms with E-state index >= 15 is 0 Å². The number of piperazine rings is 1. The molecule has 7 nitrogen and oxygen atoms in total. The molecule has 46 heavy (non-hydrogen) atoms. The lowest BCUT2D eigenvalue weighted by Gasteiger charge is -2.36. The van der Waals surface area contributed by atoms with Crippen molar-refractivity contribution in [3.05, 3.63) is 88.9 Å². The highest BCUT2D eigenvalue weighted by atomic mass is 16.5. The van der Waals surface area contributed by atoms with Crippen LogP contribution >= 0.6 is 0 Å².